The van der Waals surface area contributed by atoms with Crippen molar-refractivity contribution < 1.29 is 4.57 Å². The van der Waals surface area contributed by atoms with Gasteiger partial charge in [0.05, 0.1) is 13.1 Å². The number of hydrogen-bond donors (Lipinski definition) is 0. The molecule has 0 unspecified atom stereocenters. The molecule has 0 atom stereocenters. The summed E-state index contributed by atoms with van der Waals surface area (Å²) >= 11 is 0. The Labute approximate surface area is 240 Å². The monoisotopic (exact) mass is 532 g/mol. The van der Waals surface area contributed by atoms with Gasteiger partial charge in [0.15, 0.2) is 0 Å². The summed E-state index contributed by atoms with van der Waals surface area (Å²) in [7, 11) is 0. The first-order chi connectivity index (χ1) is 18.8. The van der Waals surface area contributed by atoms with E-state index in [9.17, 15) is 0 Å². The fourth-order valence-electron chi connectivity index (χ4n) is 5.97. The van der Waals surface area contributed by atoms with Gasteiger partial charge in [0.25, 0.3) is 5.82 Å². The van der Waals surface area contributed by atoms with Gasteiger partial charge in [-0.2, -0.15) is 0 Å². The molecular formula is C36H71N2+. The summed E-state index contributed by atoms with van der Waals surface area (Å²) in [5.74, 6) is 1.62. The van der Waals surface area contributed by atoms with Crippen molar-refractivity contribution in [3.63, 3.8) is 0 Å². The molecule has 224 valence electrons. The van der Waals surface area contributed by atoms with E-state index >= 15 is 0 Å². The van der Waals surface area contributed by atoms with Crippen molar-refractivity contribution in [2.24, 2.45) is 0 Å². The van der Waals surface area contributed by atoms with Crippen LogP contribution in [0.3, 0.4) is 0 Å². The topological polar surface area (TPSA) is 8.81 Å². The van der Waals surface area contributed by atoms with Gasteiger partial charge in [0, 0.05) is 6.42 Å². The first-order valence-corrected chi connectivity index (χ1v) is 17.9. The molecule has 0 fully saturated rings. The van der Waals surface area contributed by atoms with E-state index in [0.717, 1.165) is 0 Å². The highest BCUT2D eigenvalue weighted by atomic mass is 15.1. The Kier molecular flexibility index (Phi) is 25.7. The number of aromatic nitrogens is 2. The predicted octanol–water partition coefficient (Wildman–Crippen LogP) is 11.9. The Morgan fingerprint density at radius 2 is 0.816 bits per heavy atom. The van der Waals surface area contributed by atoms with E-state index < -0.39 is 0 Å². The number of rotatable bonds is 30. The predicted molar refractivity (Wildman–Crippen MR) is 170 cm³/mol. The Bertz CT molecular complexity index is 590. The van der Waals surface area contributed by atoms with Gasteiger partial charge in [-0.3, -0.25) is 0 Å². The minimum absolute atomic E-state index is 1.23. The highest BCUT2D eigenvalue weighted by Crippen LogP contribution is 2.14. The van der Waals surface area contributed by atoms with Crippen LogP contribution in [0.15, 0.2) is 12.4 Å². The van der Waals surface area contributed by atoms with Crippen LogP contribution in [-0.2, 0) is 19.5 Å². The van der Waals surface area contributed by atoms with Crippen molar-refractivity contribution in [2.45, 2.75) is 214 Å². The molecular weight excluding hydrogens is 460 g/mol. The fraction of sp³-hybridized carbons (Fsp3) is 0.917. The fourth-order valence-corrected chi connectivity index (χ4v) is 5.97. The maximum atomic E-state index is 2.62. The van der Waals surface area contributed by atoms with Crippen molar-refractivity contribution in [1.82, 2.24) is 4.57 Å². The van der Waals surface area contributed by atoms with E-state index in [-0.39, 0.29) is 0 Å². The van der Waals surface area contributed by atoms with Crippen LogP contribution >= 0.6 is 0 Å². The molecule has 1 heterocycles. The highest BCUT2D eigenvalue weighted by molar-refractivity contribution is 4.84. The number of imidazole rings is 1. The Morgan fingerprint density at radius 3 is 1.26 bits per heavy atom. The second-order valence-electron chi connectivity index (χ2n) is 12.3. The lowest BCUT2D eigenvalue weighted by molar-refractivity contribution is -0.704. The summed E-state index contributed by atoms with van der Waals surface area (Å²) in [6, 6.07) is 0. The lowest BCUT2D eigenvalue weighted by Gasteiger charge is -2.07. The van der Waals surface area contributed by atoms with Crippen LogP contribution in [0.25, 0.3) is 0 Å². The van der Waals surface area contributed by atoms with Crippen LogP contribution in [0, 0.1) is 0 Å². The van der Waals surface area contributed by atoms with Gasteiger partial charge >= 0.3 is 0 Å². The molecule has 2 heteroatoms. The summed E-state index contributed by atoms with van der Waals surface area (Å²) in [6.07, 6.45) is 44.4. The molecule has 0 aromatic carbocycles. The van der Waals surface area contributed by atoms with Gasteiger partial charge in [-0.05, 0) is 32.1 Å². The van der Waals surface area contributed by atoms with E-state index in [1.54, 1.807) is 5.82 Å². The van der Waals surface area contributed by atoms with Crippen molar-refractivity contribution in [2.75, 3.05) is 0 Å². The Hall–Kier alpha value is -0.790. The van der Waals surface area contributed by atoms with E-state index in [1.807, 2.05) is 0 Å². The van der Waals surface area contributed by atoms with E-state index in [1.165, 1.54) is 193 Å². The summed E-state index contributed by atoms with van der Waals surface area (Å²) in [4.78, 5) is 0. The van der Waals surface area contributed by atoms with Crippen LogP contribution in [0.2, 0.25) is 0 Å². The third kappa shape index (κ3) is 20.2. The average Bonchev–Trinajstić information content (AvgIpc) is 3.31. The number of unbranched alkanes of at least 4 members (excludes halogenated alkanes) is 24. The van der Waals surface area contributed by atoms with E-state index in [4.69, 9.17) is 0 Å². The second-order valence-corrected chi connectivity index (χ2v) is 12.3. The molecule has 1 aromatic rings. The lowest BCUT2D eigenvalue weighted by atomic mass is 10.1. The van der Waals surface area contributed by atoms with Crippen molar-refractivity contribution in [3.05, 3.63) is 18.2 Å². The minimum Gasteiger partial charge on any atom is -0.234 e. The van der Waals surface area contributed by atoms with Crippen molar-refractivity contribution >= 4 is 0 Å². The molecule has 0 aliphatic rings. The van der Waals surface area contributed by atoms with Gasteiger partial charge in [-0.1, -0.05) is 162 Å². The molecule has 0 amide bonds. The Morgan fingerprint density at radius 1 is 0.447 bits per heavy atom. The van der Waals surface area contributed by atoms with Gasteiger partial charge in [0.2, 0.25) is 0 Å². The zero-order chi connectivity index (χ0) is 27.4. The van der Waals surface area contributed by atoms with Crippen molar-refractivity contribution in [3.8, 4) is 0 Å². The van der Waals surface area contributed by atoms with Crippen LogP contribution in [0.5, 0.6) is 0 Å². The molecule has 0 N–H and O–H groups in total. The lowest BCUT2D eigenvalue weighted by Crippen LogP contribution is -2.37. The summed E-state index contributed by atoms with van der Waals surface area (Å²) in [6.45, 7) is 9.39. The molecule has 0 spiro atoms. The zero-order valence-electron chi connectivity index (χ0n) is 26.8. The highest BCUT2D eigenvalue weighted by Gasteiger charge is 2.16. The Balaban J connectivity index is 2.30. The molecule has 0 radical (unpaired) electrons. The van der Waals surface area contributed by atoms with Gasteiger partial charge in [0.1, 0.15) is 12.4 Å². The van der Waals surface area contributed by atoms with Crippen molar-refractivity contribution in [1.29, 1.82) is 0 Å². The quantitative estimate of drug-likeness (QED) is 0.0689. The molecule has 0 saturated carbocycles. The summed E-state index contributed by atoms with van der Waals surface area (Å²) in [5, 5.41) is 0. The average molecular weight is 532 g/mol. The molecule has 1 rings (SSSR count). The smallest absolute Gasteiger partial charge is 0.234 e. The first-order valence-electron chi connectivity index (χ1n) is 17.9. The maximum absolute atomic E-state index is 2.62. The molecule has 0 saturated heterocycles. The van der Waals surface area contributed by atoms with E-state index in [2.05, 4.69) is 42.3 Å². The van der Waals surface area contributed by atoms with Gasteiger partial charge in [-0.25, -0.2) is 9.13 Å². The third-order valence-electron chi connectivity index (χ3n) is 8.60. The van der Waals surface area contributed by atoms with Gasteiger partial charge in [-0.15, -0.1) is 0 Å². The largest absolute Gasteiger partial charge is 0.256 e. The molecule has 1 aromatic heterocycles. The van der Waals surface area contributed by atoms with Crippen LogP contribution in [-0.4, -0.2) is 4.57 Å². The SMILES string of the molecule is CCCCCCCCCCCCCCn1cc[n+](CCCCCCCCC)c1CCCCCCCCCC. The van der Waals surface area contributed by atoms with Crippen LogP contribution in [0.4, 0.5) is 0 Å². The van der Waals surface area contributed by atoms with E-state index in [0.29, 0.717) is 0 Å². The zero-order valence-corrected chi connectivity index (χ0v) is 26.8. The minimum atomic E-state index is 1.23. The maximum Gasteiger partial charge on any atom is 0.256 e. The summed E-state index contributed by atoms with van der Waals surface area (Å²) < 4.78 is 5.24. The number of nitrogens with zero attached hydrogens (tertiary/aromatic N) is 2. The number of aryl methyl sites for hydroxylation is 2. The molecule has 38 heavy (non-hydrogen) atoms. The second kappa shape index (κ2) is 27.8. The first kappa shape index (κ1) is 35.2. The summed E-state index contributed by atoms with van der Waals surface area (Å²) in [5.41, 5.74) is 0. The third-order valence-corrected chi connectivity index (χ3v) is 8.60. The van der Waals surface area contributed by atoms with Gasteiger partial charge < -0.3 is 0 Å². The van der Waals surface area contributed by atoms with Crippen LogP contribution in [0.1, 0.15) is 200 Å². The molecule has 0 aliphatic heterocycles. The van der Waals surface area contributed by atoms with Crippen LogP contribution < -0.4 is 4.57 Å². The molecule has 0 aliphatic carbocycles. The molecule has 2 nitrogen and oxygen atoms in total. The standard InChI is InChI=1S/C36H71N2/c1-4-7-10-13-16-18-19-20-21-24-27-30-33-38-35-34-37(32-29-26-23-15-12-9-6-3)36(38)31-28-25-22-17-14-11-8-5-2/h34-35H,4-33H2,1-3H3/q+1. The number of hydrogen-bond acceptors (Lipinski definition) is 0. The molecule has 0 bridgehead atoms. The normalized spacial score (nSPS) is 11.6.